The minimum absolute atomic E-state index is 0.363. The highest BCUT2D eigenvalue weighted by molar-refractivity contribution is 5.76. The number of carbonyl (C=O) groups excluding carboxylic acids is 1. The summed E-state index contributed by atoms with van der Waals surface area (Å²) in [4.78, 5) is 14.1. The van der Waals surface area contributed by atoms with Gasteiger partial charge in [0, 0.05) is 19.5 Å². The Balaban J connectivity index is 1.68. The van der Waals surface area contributed by atoms with Crippen LogP contribution in [0.5, 0.6) is 0 Å². The van der Waals surface area contributed by atoms with Crippen molar-refractivity contribution in [1.29, 1.82) is 0 Å². The van der Waals surface area contributed by atoms with Crippen molar-refractivity contribution in [3.8, 4) is 0 Å². The van der Waals surface area contributed by atoms with Gasteiger partial charge in [-0.2, -0.15) is 0 Å². The Bertz CT molecular complexity index is 243. The predicted octanol–water partition coefficient (Wildman–Crippen LogP) is 2.17. The highest BCUT2D eigenvalue weighted by atomic mass is 16.2. The molecule has 2 fully saturated rings. The van der Waals surface area contributed by atoms with Crippen molar-refractivity contribution < 1.29 is 4.79 Å². The lowest BCUT2D eigenvalue weighted by Crippen LogP contribution is -2.36. The molecule has 1 unspecified atom stereocenters. The average molecular weight is 238 g/mol. The van der Waals surface area contributed by atoms with Crippen LogP contribution in [0.15, 0.2) is 0 Å². The molecule has 1 N–H and O–H groups in total. The molecule has 1 amide bonds. The quantitative estimate of drug-likeness (QED) is 0.814. The molecular weight excluding hydrogens is 212 g/mol. The number of carbonyl (C=O) groups is 1. The highest BCUT2D eigenvalue weighted by Crippen LogP contribution is 2.24. The number of piperidine rings is 1. The smallest absolute Gasteiger partial charge is 0.222 e. The van der Waals surface area contributed by atoms with Crippen molar-refractivity contribution in [1.82, 2.24) is 10.2 Å². The molecule has 1 aliphatic carbocycles. The Kier molecular flexibility index (Phi) is 4.84. The molecule has 3 heteroatoms. The molecule has 0 aromatic carbocycles. The van der Waals surface area contributed by atoms with Gasteiger partial charge in [0.25, 0.3) is 0 Å². The molecule has 0 radical (unpaired) electrons. The van der Waals surface area contributed by atoms with Crippen molar-refractivity contribution in [2.75, 3.05) is 20.1 Å². The molecule has 0 aromatic heterocycles. The summed E-state index contributed by atoms with van der Waals surface area (Å²) in [6.45, 7) is 2.27. The molecular formula is C14H26N2O. The van der Waals surface area contributed by atoms with Crippen LogP contribution in [0.1, 0.15) is 51.4 Å². The van der Waals surface area contributed by atoms with Gasteiger partial charge in [0.1, 0.15) is 0 Å². The molecule has 2 aliphatic rings. The molecule has 17 heavy (non-hydrogen) atoms. The second-order valence-electron chi connectivity index (χ2n) is 5.69. The van der Waals surface area contributed by atoms with Crippen molar-refractivity contribution in [3.05, 3.63) is 0 Å². The van der Waals surface area contributed by atoms with Gasteiger partial charge in [-0.3, -0.25) is 4.79 Å². The fourth-order valence-electron chi connectivity index (χ4n) is 3.17. The fraction of sp³-hybridized carbons (Fsp3) is 0.929. The maximum absolute atomic E-state index is 12.1. The van der Waals surface area contributed by atoms with Crippen LogP contribution in [0.25, 0.3) is 0 Å². The zero-order valence-electron chi connectivity index (χ0n) is 11.1. The first-order valence-electron chi connectivity index (χ1n) is 7.24. The van der Waals surface area contributed by atoms with Crippen molar-refractivity contribution in [2.24, 2.45) is 5.92 Å². The van der Waals surface area contributed by atoms with Gasteiger partial charge in [0.05, 0.1) is 0 Å². The lowest BCUT2D eigenvalue weighted by molar-refractivity contribution is -0.132. The minimum atomic E-state index is 0.363. The summed E-state index contributed by atoms with van der Waals surface area (Å²) in [6, 6.07) is 0.534. The Morgan fingerprint density at radius 3 is 2.65 bits per heavy atom. The normalized spacial score (nSPS) is 26.1. The van der Waals surface area contributed by atoms with E-state index in [-0.39, 0.29) is 0 Å². The van der Waals surface area contributed by atoms with E-state index >= 15 is 0 Å². The molecule has 0 spiro atoms. The lowest BCUT2D eigenvalue weighted by atomic mass is 9.94. The monoisotopic (exact) mass is 238 g/mol. The fourth-order valence-corrected chi connectivity index (χ4v) is 3.17. The van der Waals surface area contributed by atoms with Gasteiger partial charge in [-0.25, -0.2) is 0 Å². The topological polar surface area (TPSA) is 32.3 Å². The number of nitrogens with zero attached hydrogens (tertiary/aromatic N) is 1. The van der Waals surface area contributed by atoms with E-state index in [1.165, 1.54) is 38.5 Å². The summed E-state index contributed by atoms with van der Waals surface area (Å²) in [6.07, 6.45) is 9.43. The molecule has 3 nitrogen and oxygen atoms in total. The van der Waals surface area contributed by atoms with Gasteiger partial charge in [0.15, 0.2) is 0 Å². The third kappa shape index (κ3) is 3.70. The van der Waals surface area contributed by atoms with E-state index < -0.39 is 0 Å². The van der Waals surface area contributed by atoms with Crippen molar-refractivity contribution in [3.63, 3.8) is 0 Å². The summed E-state index contributed by atoms with van der Waals surface area (Å²) in [5.74, 6) is 1.09. The van der Waals surface area contributed by atoms with E-state index in [1.807, 2.05) is 11.9 Å². The minimum Gasteiger partial charge on any atom is -0.343 e. The first kappa shape index (κ1) is 12.9. The molecule has 1 saturated carbocycles. The molecule has 2 rings (SSSR count). The summed E-state index contributed by atoms with van der Waals surface area (Å²) in [5.41, 5.74) is 0. The zero-order valence-corrected chi connectivity index (χ0v) is 11.1. The second-order valence-corrected chi connectivity index (χ2v) is 5.69. The van der Waals surface area contributed by atoms with E-state index in [0.717, 1.165) is 31.8 Å². The third-order valence-electron chi connectivity index (χ3n) is 4.43. The zero-order chi connectivity index (χ0) is 12.1. The highest BCUT2D eigenvalue weighted by Gasteiger charge is 2.23. The van der Waals surface area contributed by atoms with Crippen molar-refractivity contribution >= 4 is 5.91 Å². The van der Waals surface area contributed by atoms with Crippen LogP contribution in [0.4, 0.5) is 0 Å². The molecule has 0 aromatic rings. The maximum atomic E-state index is 12.1. The molecule has 1 saturated heterocycles. The Labute approximate surface area is 105 Å². The molecule has 0 bridgehead atoms. The van der Waals surface area contributed by atoms with Gasteiger partial charge >= 0.3 is 0 Å². The van der Waals surface area contributed by atoms with E-state index in [9.17, 15) is 4.79 Å². The largest absolute Gasteiger partial charge is 0.343 e. The Morgan fingerprint density at radius 1 is 1.24 bits per heavy atom. The van der Waals surface area contributed by atoms with Gasteiger partial charge < -0.3 is 10.2 Å². The van der Waals surface area contributed by atoms with E-state index in [2.05, 4.69) is 5.32 Å². The third-order valence-corrected chi connectivity index (χ3v) is 4.43. The number of nitrogens with one attached hydrogen (secondary N) is 1. The van der Waals surface area contributed by atoms with Crippen LogP contribution in [0.3, 0.4) is 0 Å². The van der Waals surface area contributed by atoms with Crippen LogP contribution in [-0.4, -0.2) is 37.0 Å². The SMILES string of the molecule is CN(C(=O)CCC1CCCNC1)C1CCCC1. The first-order chi connectivity index (χ1) is 8.27. The standard InChI is InChI=1S/C14H26N2O/c1-16(13-6-2-3-7-13)14(17)9-8-12-5-4-10-15-11-12/h12-13,15H,2-11H2,1H3. The molecule has 98 valence electrons. The summed E-state index contributed by atoms with van der Waals surface area (Å²) >= 11 is 0. The Hall–Kier alpha value is -0.570. The maximum Gasteiger partial charge on any atom is 0.222 e. The Morgan fingerprint density at radius 2 is 2.00 bits per heavy atom. The second kappa shape index (κ2) is 6.39. The summed E-state index contributed by atoms with van der Waals surface area (Å²) in [7, 11) is 2.00. The molecule has 1 aliphatic heterocycles. The number of amides is 1. The predicted molar refractivity (Wildman–Crippen MR) is 69.9 cm³/mol. The van der Waals surface area contributed by atoms with Gasteiger partial charge in [0.2, 0.25) is 5.91 Å². The van der Waals surface area contributed by atoms with E-state index in [0.29, 0.717) is 11.9 Å². The van der Waals surface area contributed by atoms with Gasteiger partial charge in [-0.1, -0.05) is 12.8 Å². The molecule has 1 atom stereocenters. The van der Waals surface area contributed by atoms with Crippen LogP contribution in [0.2, 0.25) is 0 Å². The van der Waals surface area contributed by atoms with E-state index in [1.54, 1.807) is 0 Å². The summed E-state index contributed by atoms with van der Waals surface area (Å²) < 4.78 is 0. The van der Waals surface area contributed by atoms with Crippen LogP contribution < -0.4 is 5.32 Å². The van der Waals surface area contributed by atoms with Crippen LogP contribution >= 0.6 is 0 Å². The van der Waals surface area contributed by atoms with Crippen LogP contribution in [-0.2, 0) is 4.79 Å². The van der Waals surface area contributed by atoms with Crippen LogP contribution in [0, 0.1) is 5.92 Å². The first-order valence-corrected chi connectivity index (χ1v) is 7.24. The van der Waals surface area contributed by atoms with Gasteiger partial charge in [-0.15, -0.1) is 0 Å². The summed E-state index contributed by atoms with van der Waals surface area (Å²) in [5, 5.41) is 3.42. The van der Waals surface area contributed by atoms with Crippen molar-refractivity contribution in [2.45, 2.75) is 57.4 Å². The average Bonchev–Trinajstić information content (AvgIpc) is 2.90. The van der Waals surface area contributed by atoms with Gasteiger partial charge in [-0.05, 0) is 51.1 Å². The number of hydrogen-bond acceptors (Lipinski definition) is 2. The van der Waals surface area contributed by atoms with E-state index in [4.69, 9.17) is 0 Å². The number of rotatable bonds is 4. The number of hydrogen-bond donors (Lipinski definition) is 1. The molecule has 1 heterocycles. The lowest BCUT2D eigenvalue weighted by Gasteiger charge is -2.26.